The largest absolute Gasteiger partial charge is 0.482 e. The number of pyridine rings is 1. The molecule has 0 bridgehead atoms. The Balaban J connectivity index is 1.72. The monoisotopic (exact) mass is 347 g/mol. The minimum Gasteiger partial charge on any atom is -0.482 e. The smallest absolute Gasteiger partial charge is 0.262 e. The van der Waals surface area contributed by atoms with Crippen molar-refractivity contribution in [2.24, 2.45) is 0 Å². The lowest BCUT2D eigenvalue weighted by Crippen LogP contribution is -2.25. The van der Waals surface area contributed by atoms with E-state index in [1.807, 2.05) is 31.2 Å². The summed E-state index contributed by atoms with van der Waals surface area (Å²) in [7, 11) is 0. The van der Waals surface area contributed by atoms with Crippen molar-refractivity contribution in [3.63, 3.8) is 0 Å². The number of fused-ring (bicyclic) bond motifs is 1. The number of hydrogen-bond acceptors (Lipinski definition) is 4. The second-order valence-electron chi connectivity index (χ2n) is 4.85. The number of benzene rings is 1. The van der Waals surface area contributed by atoms with Gasteiger partial charge in [0.15, 0.2) is 6.61 Å². The number of ether oxygens (including phenoxy) is 1. The lowest BCUT2D eigenvalue weighted by molar-refractivity contribution is -0.118. The molecule has 0 unspecified atom stereocenters. The standard InChI is InChI=1S/C15H14BrN3O2/c1-9-4-11(7-18-15(9)16)17-6-10-2-3-13-12(5-10)19-14(20)8-21-13/h2-5,7,17H,6,8H2,1H3,(H,19,20). The maximum absolute atomic E-state index is 11.3. The van der Waals surface area contributed by atoms with Crippen LogP contribution in [0.5, 0.6) is 5.75 Å². The maximum atomic E-state index is 11.3. The van der Waals surface area contributed by atoms with Crippen LogP contribution in [0.25, 0.3) is 0 Å². The van der Waals surface area contributed by atoms with Crippen molar-refractivity contribution < 1.29 is 9.53 Å². The first kappa shape index (κ1) is 13.9. The summed E-state index contributed by atoms with van der Waals surface area (Å²) < 4.78 is 6.18. The van der Waals surface area contributed by atoms with Gasteiger partial charge in [0.1, 0.15) is 10.4 Å². The molecule has 0 saturated carbocycles. The minimum atomic E-state index is -0.125. The Morgan fingerprint density at radius 1 is 1.43 bits per heavy atom. The van der Waals surface area contributed by atoms with Gasteiger partial charge in [-0.3, -0.25) is 4.79 Å². The molecule has 2 heterocycles. The Labute approximate surface area is 130 Å². The highest BCUT2D eigenvalue weighted by molar-refractivity contribution is 9.10. The van der Waals surface area contributed by atoms with Gasteiger partial charge in [-0.1, -0.05) is 6.07 Å². The number of nitrogens with zero attached hydrogens (tertiary/aromatic N) is 1. The molecule has 0 radical (unpaired) electrons. The quantitative estimate of drug-likeness (QED) is 0.837. The maximum Gasteiger partial charge on any atom is 0.262 e. The predicted octanol–water partition coefficient (Wildman–Crippen LogP) is 3.10. The number of anilines is 2. The zero-order chi connectivity index (χ0) is 14.8. The van der Waals surface area contributed by atoms with Gasteiger partial charge in [-0.05, 0) is 52.2 Å². The van der Waals surface area contributed by atoms with Crippen LogP contribution in [0.2, 0.25) is 0 Å². The summed E-state index contributed by atoms with van der Waals surface area (Å²) in [5.74, 6) is 0.583. The summed E-state index contributed by atoms with van der Waals surface area (Å²) in [5.41, 5.74) is 3.80. The number of halogens is 1. The van der Waals surface area contributed by atoms with Gasteiger partial charge in [-0.2, -0.15) is 0 Å². The third kappa shape index (κ3) is 3.16. The second kappa shape index (κ2) is 5.73. The van der Waals surface area contributed by atoms with Gasteiger partial charge in [0.2, 0.25) is 0 Å². The Bertz CT molecular complexity index is 703. The van der Waals surface area contributed by atoms with Crippen molar-refractivity contribution in [3.8, 4) is 5.75 Å². The third-order valence-electron chi connectivity index (χ3n) is 3.19. The molecule has 0 aliphatic carbocycles. The van der Waals surface area contributed by atoms with Crippen LogP contribution in [0.1, 0.15) is 11.1 Å². The normalized spacial score (nSPS) is 13.1. The Hall–Kier alpha value is -2.08. The number of carbonyl (C=O) groups is 1. The van der Waals surface area contributed by atoms with E-state index in [0.29, 0.717) is 12.3 Å². The lowest BCUT2D eigenvalue weighted by Gasteiger charge is -2.18. The molecule has 21 heavy (non-hydrogen) atoms. The molecule has 0 saturated heterocycles. The topological polar surface area (TPSA) is 63.2 Å². The average molecular weight is 348 g/mol. The zero-order valence-corrected chi connectivity index (χ0v) is 13.0. The molecule has 2 aromatic rings. The number of hydrogen-bond donors (Lipinski definition) is 2. The fraction of sp³-hybridized carbons (Fsp3) is 0.200. The number of aromatic nitrogens is 1. The van der Waals surface area contributed by atoms with E-state index in [4.69, 9.17) is 4.74 Å². The highest BCUT2D eigenvalue weighted by Gasteiger charge is 2.15. The molecule has 5 nitrogen and oxygen atoms in total. The van der Waals surface area contributed by atoms with Crippen LogP contribution in [0, 0.1) is 6.92 Å². The number of nitrogens with one attached hydrogen (secondary N) is 2. The van der Waals surface area contributed by atoms with Crippen molar-refractivity contribution in [1.29, 1.82) is 0 Å². The molecule has 0 spiro atoms. The Kier molecular flexibility index (Phi) is 3.79. The van der Waals surface area contributed by atoms with Crippen LogP contribution in [0.4, 0.5) is 11.4 Å². The van der Waals surface area contributed by atoms with Crippen LogP contribution < -0.4 is 15.4 Å². The summed E-state index contributed by atoms with van der Waals surface area (Å²) >= 11 is 3.38. The summed E-state index contributed by atoms with van der Waals surface area (Å²) in [4.78, 5) is 15.6. The minimum absolute atomic E-state index is 0.0778. The zero-order valence-electron chi connectivity index (χ0n) is 11.4. The molecule has 0 atom stereocenters. The Morgan fingerprint density at radius 2 is 2.29 bits per heavy atom. The lowest BCUT2D eigenvalue weighted by atomic mass is 10.1. The average Bonchev–Trinajstić information content (AvgIpc) is 2.48. The highest BCUT2D eigenvalue weighted by atomic mass is 79.9. The van der Waals surface area contributed by atoms with E-state index in [9.17, 15) is 4.79 Å². The fourth-order valence-electron chi connectivity index (χ4n) is 2.10. The SMILES string of the molecule is Cc1cc(NCc2ccc3c(c2)NC(=O)CO3)cnc1Br. The molecular weight excluding hydrogens is 334 g/mol. The molecule has 108 valence electrons. The number of aryl methyl sites for hydroxylation is 1. The molecule has 1 aromatic carbocycles. The van der Waals surface area contributed by atoms with Gasteiger partial charge in [-0.15, -0.1) is 0 Å². The van der Waals surface area contributed by atoms with Gasteiger partial charge in [0.05, 0.1) is 17.6 Å². The van der Waals surface area contributed by atoms with Crippen LogP contribution in [-0.2, 0) is 11.3 Å². The molecule has 1 aliphatic heterocycles. The molecule has 0 fully saturated rings. The molecule has 3 rings (SSSR count). The first-order valence-corrected chi connectivity index (χ1v) is 7.33. The van der Waals surface area contributed by atoms with E-state index >= 15 is 0 Å². The molecule has 1 aromatic heterocycles. The number of carbonyl (C=O) groups excluding carboxylic acids is 1. The molecule has 1 aliphatic rings. The third-order valence-corrected chi connectivity index (χ3v) is 4.02. The van der Waals surface area contributed by atoms with Gasteiger partial charge in [0.25, 0.3) is 5.91 Å². The van der Waals surface area contributed by atoms with Gasteiger partial charge >= 0.3 is 0 Å². The first-order chi connectivity index (χ1) is 10.1. The molecule has 1 amide bonds. The highest BCUT2D eigenvalue weighted by Crippen LogP contribution is 2.28. The van der Waals surface area contributed by atoms with E-state index in [1.165, 1.54) is 0 Å². The summed E-state index contributed by atoms with van der Waals surface area (Å²) in [6.45, 7) is 2.72. The van der Waals surface area contributed by atoms with Crippen LogP contribution in [0.15, 0.2) is 35.1 Å². The second-order valence-corrected chi connectivity index (χ2v) is 5.60. The van der Waals surface area contributed by atoms with Crippen LogP contribution in [0.3, 0.4) is 0 Å². The van der Waals surface area contributed by atoms with Gasteiger partial charge in [-0.25, -0.2) is 4.98 Å². The van der Waals surface area contributed by atoms with Gasteiger partial charge < -0.3 is 15.4 Å². The first-order valence-electron chi connectivity index (χ1n) is 6.53. The van der Waals surface area contributed by atoms with Crippen molar-refractivity contribution in [3.05, 3.63) is 46.2 Å². The predicted molar refractivity (Wildman–Crippen MR) is 84.6 cm³/mol. The summed E-state index contributed by atoms with van der Waals surface area (Å²) in [5, 5.41) is 6.11. The summed E-state index contributed by atoms with van der Waals surface area (Å²) in [6, 6.07) is 7.79. The Morgan fingerprint density at radius 3 is 3.10 bits per heavy atom. The van der Waals surface area contributed by atoms with E-state index in [2.05, 4.69) is 31.5 Å². The van der Waals surface area contributed by atoms with Crippen LogP contribution >= 0.6 is 15.9 Å². The number of amides is 1. The molecular formula is C15H14BrN3O2. The van der Waals surface area contributed by atoms with E-state index in [1.54, 1.807) is 6.20 Å². The van der Waals surface area contributed by atoms with Gasteiger partial charge in [0, 0.05) is 6.54 Å². The molecule has 6 heteroatoms. The van der Waals surface area contributed by atoms with Crippen molar-refractivity contribution >= 4 is 33.2 Å². The number of rotatable bonds is 3. The van der Waals surface area contributed by atoms with E-state index in [0.717, 1.165) is 27.1 Å². The van der Waals surface area contributed by atoms with Crippen molar-refractivity contribution in [2.45, 2.75) is 13.5 Å². The van der Waals surface area contributed by atoms with Crippen molar-refractivity contribution in [1.82, 2.24) is 4.98 Å². The molecule has 2 N–H and O–H groups in total. The fourth-order valence-corrected chi connectivity index (χ4v) is 2.32. The van der Waals surface area contributed by atoms with E-state index < -0.39 is 0 Å². The van der Waals surface area contributed by atoms with Crippen LogP contribution in [-0.4, -0.2) is 17.5 Å². The van der Waals surface area contributed by atoms with Crippen molar-refractivity contribution in [2.75, 3.05) is 17.2 Å². The summed E-state index contributed by atoms with van der Waals surface area (Å²) in [6.07, 6.45) is 1.78. The van der Waals surface area contributed by atoms with E-state index in [-0.39, 0.29) is 12.5 Å².